The number of hydrogen-bond acceptors (Lipinski definition) is 3. The minimum atomic E-state index is -0.931. The SMILES string of the molecule is Cc1cc(NC(=O)c2ccc(F)cc2F)n(-c2cc(C)c3ccccc3n2)n1. The highest BCUT2D eigenvalue weighted by Gasteiger charge is 2.17. The summed E-state index contributed by atoms with van der Waals surface area (Å²) in [6.07, 6.45) is 0. The predicted octanol–water partition coefficient (Wildman–Crippen LogP) is 4.57. The summed E-state index contributed by atoms with van der Waals surface area (Å²) >= 11 is 0. The van der Waals surface area contributed by atoms with E-state index in [9.17, 15) is 13.6 Å². The van der Waals surface area contributed by atoms with E-state index in [4.69, 9.17) is 0 Å². The van der Waals surface area contributed by atoms with Crippen molar-refractivity contribution in [2.45, 2.75) is 13.8 Å². The number of benzene rings is 2. The van der Waals surface area contributed by atoms with E-state index in [1.54, 1.807) is 13.0 Å². The minimum Gasteiger partial charge on any atom is -0.306 e. The van der Waals surface area contributed by atoms with Gasteiger partial charge in [-0.1, -0.05) is 18.2 Å². The lowest BCUT2D eigenvalue weighted by Crippen LogP contribution is -2.17. The van der Waals surface area contributed by atoms with Gasteiger partial charge in [0.25, 0.3) is 5.91 Å². The number of nitrogens with zero attached hydrogens (tertiary/aromatic N) is 3. The number of halogens is 2. The molecule has 0 atom stereocenters. The summed E-state index contributed by atoms with van der Waals surface area (Å²) in [5.41, 5.74) is 2.21. The molecule has 0 bridgehead atoms. The van der Waals surface area contributed by atoms with Gasteiger partial charge in [0, 0.05) is 17.5 Å². The Bertz CT molecular complexity index is 1220. The Morgan fingerprint density at radius 1 is 1.04 bits per heavy atom. The number of aromatic nitrogens is 3. The van der Waals surface area contributed by atoms with E-state index in [2.05, 4.69) is 15.4 Å². The quantitative estimate of drug-likeness (QED) is 0.568. The van der Waals surface area contributed by atoms with Crippen molar-refractivity contribution in [3.63, 3.8) is 0 Å². The van der Waals surface area contributed by atoms with Gasteiger partial charge in [-0.05, 0) is 43.7 Å². The van der Waals surface area contributed by atoms with Crippen molar-refractivity contribution < 1.29 is 13.6 Å². The summed E-state index contributed by atoms with van der Waals surface area (Å²) in [6, 6.07) is 14.1. The van der Waals surface area contributed by atoms with Crippen molar-refractivity contribution in [2.75, 3.05) is 5.32 Å². The highest BCUT2D eigenvalue weighted by Crippen LogP contribution is 2.23. The molecule has 4 aromatic rings. The van der Waals surface area contributed by atoms with E-state index in [-0.39, 0.29) is 5.56 Å². The van der Waals surface area contributed by atoms with Crippen molar-refractivity contribution in [1.82, 2.24) is 14.8 Å². The van der Waals surface area contributed by atoms with Gasteiger partial charge in [0.2, 0.25) is 0 Å². The van der Waals surface area contributed by atoms with Gasteiger partial charge >= 0.3 is 0 Å². The molecule has 1 N–H and O–H groups in total. The second kappa shape index (κ2) is 6.84. The highest BCUT2D eigenvalue weighted by atomic mass is 19.1. The van der Waals surface area contributed by atoms with Gasteiger partial charge in [0.1, 0.15) is 17.5 Å². The predicted molar refractivity (Wildman–Crippen MR) is 103 cm³/mol. The van der Waals surface area contributed by atoms with Gasteiger partial charge in [-0.25, -0.2) is 13.8 Å². The van der Waals surface area contributed by atoms with Crippen LogP contribution in [0.5, 0.6) is 0 Å². The molecule has 0 saturated heterocycles. The van der Waals surface area contributed by atoms with Gasteiger partial charge in [-0.3, -0.25) is 4.79 Å². The number of carbonyl (C=O) groups is 1. The number of para-hydroxylation sites is 1. The normalized spacial score (nSPS) is 11.0. The van der Waals surface area contributed by atoms with Crippen molar-refractivity contribution in [3.8, 4) is 5.82 Å². The van der Waals surface area contributed by atoms with Gasteiger partial charge in [-0.15, -0.1) is 0 Å². The van der Waals surface area contributed by atoms with E-state index >= 15 is 0 Å². The standard InChI is InChI=1S/C21H16F2N4O/c1-12-9-19(24-18-6-4-3-5-15(12)18)27-20(10-13(2)26-27)25-21(28)16-8-7-14(22)11-17(16)23/h3-11H,1-2H3,(H,25,28). The van der Waals surface area contributed by atoms with Gasteiger partial charge < -0.3 is 5.32 Å². The minimum absolute atomic E-state index is 0.255. The number of pyridine rings is 1. The van der Waals surface area contributed by atoms with Crippen molar-refractivity contribution in [3.05, 3.63) is 83.1 Å². The molecule has 0 unspecified atom stereocenters. The molecule has 28 heavy (non-hydrogen) atoms. The van der Waals surface area contributed by atoms with Crippen LogP contribution < -0.4 is 5.32 Å². The Kier molecular flexibility index (Phi) is 4.35. The van der Waals surface area contributed by atoms with Crippen LogP contribution in [0.3, 0.4) is 0 Å². The lowest BCUT2D eigenvalue weighted by atomic mass is 10.1. The average molecular weight is 378 g/mol. The fourth-order valence-electron chi connectivity index (χ4n) is 3.06. The molecule has 0 spiro atoms. The van der Waals surface area contributed by atoms with Crippen molar-refractivity contribution in [2.24, 2.45) is 0 Å². The molecule has 4 rings (SSSR count). The summed E-state index contributed by atoms with van der Waals surface area (Å²) in [5.74, 6) is -1.51. The number of anilines is 1. The Balaban J connectivity index is 1.74. The third-order valence-electron chi connectivity index (χ3n) is 4.38. The van der Waals surface area contributed by atoms with Gasteiger partial charge in [0.05, 0.1) is 16.8 Å². The topological polar surface area (TPSA) is 59.8 Å². The maximum atomic E-state index is 13.9. The number of rotatable bonds is 3. The molecular weight excluding hydrogens is 362 g/mol. The molecule has 0 aliphatic heterocycles. The van der Waals surface area contributed by atoms with Gasteiger partial charge in [0.15, 0.2) is 5.82 Å². The monoisotopic (exact) mass is 378 g/mol. The molecule has 1 amide bonds. The van der Waals surface area contributed by atoms with E-state index in [0.29, 0.717) is 23.4 Å². The van der Waals surface area contributed by atoms with Crippen LogP contribution in [0, 0.1) is 25.5 Å². The van der Waals surface area contributed by atoms with Crippen molar-refractivity contribution in [1.29, 1.82) is 0 Å². The van der Waals surface area contributed by atoms with Crippen LogP contribution in [0.15, 0.2) is 54.6 Å². The van der Waals surface area contributed by atoms with Crippen LogP contribution in [0.25, 0.3) is 16.7 Å². The van der Waals surface area contributed by atoms with Crippen LogP contribution in [0.4, 0.5) is 14.6 Å². The van der Waals surface area contributed by atoms with E-state index in [0.717, 1.165) is 28.6 Å². The van der Waals surface area contributed by atoms with E-state index in [1.807, 2.05) is 37.3 Å². The zero-order chi connectivity index (χ0) is 19.8. The Hall–Kier alpha value is -3.61. The summed E-state index contributed by atoms with van der Waals surface area (Å²) in [7, 11) is 0. The van der Waals surface area contributed by atoms with Crippen molar-refractivity contribution >= 4 is 22.6 Å². The summed E-state index contributed by atoms with van der Waals surface area (Å²) in [4.78, 5) is 17.1. The zero-order valence-corrected chi connectivity index (χ0v) is 15.2. The number of hydrogen-bond donors (Lipinski definition) is 1. The van der Waals surface area contributed by atoms with Crippen LogP contribution in [0.2, 0.25) is 0 Å². The Morgan fingerprint density at radius 2 is 1.82 bits per heavy atom. The summed E-state index contributed by atoms with van der Waals surface area (Å²) < 4.78 is 28.5. The first-order valence-electron chi connectivity index (χ1n) is 8.62. The molecule has 2 heterocycles. The van der Waals surface area contributed by atoms with Crippen LogP contribution in [-0.2, 0) is 0 Å². The number of aryl methyl sites for hydroxylation is 2. The third-order valence-corrected chi connectivity index (χ3v) is 4.38. The van der Waals surface area contributed by atoms with E-state index < -0.39 is 17.5 Å². The van der Waals surface area contributed by atoms with Crippen LogP contribution >= 0.6 is 0 Å². The summed E-state index contributed by atoms with van der Waals surface area (Å²) in [6.45, 7) is 3.74. The molecule has 7 heteroatoms. The zero-order valence-electron chi connectivity index (χ0n) is 15.2. The van der Waals surface area contributed by atoms with Crippen LogP contribution in [0.1, 0.15) is 21.6 Å². The molecule has 2 aromatic carbocycles. The Morgan fingerprint density at radius 3 is 2.61 bits per heavy atom. The molecule has 0 radical (unpaired) electrons. The lowest BCUT2D eigenvalue weighted by molar-refractivity contribution is 0.102. The molecule has 2 aromatic heterocycles. The Labute approximate surface area is 159 Å². The number of carbonyl (C=O) groups excluding carboxylic acids is 1. The van der Waals surface area contributed by atoms with Gasteiger partial charge in [-0.2, -0.15) is 9.78 Å². The largest absolute Gasteiger partial charge is 0.306 e. The molecule has 0 fully saturated rings. The molecule has 0 saturated carbocycles. The molecule has 5 nitrogen and oxygen atoms in total. The highest BCUT2D eigenvalue weighted by molar-refractivity contribution is 6.04. The molecule has 0 aliphatic carbocycles. The second-order valence-corrected chi connectivity index (χ2v) is 6.48. The molecule has 140 valence electrons. The second-order valence-electron chi connectivity index (χ2n) is 6.48. The first kappa shape index (κ1) is 17.8. The van der Waals surface area contributed by atoms with Crippen LogP contribution in [-0.4, -0.2) is 20.7 Å². The smallest absolute Gasteiger partial charge is 0.259 e. The summed E-state index contributed by atoms with van der Waals surface area (Å²) in [5, 5.41) is 8.05. The lowest BCUT2D eigenvalue weighted by Gasteiger charge is -2.11. The maximum Gasteiger partial charge on any atom is 0.259 e. The molecular formula is C21H16F2N4O. The molecule has 0 aliphatic rings. The number of nitrogens with one attached hydrogen (secondary N) is 1. The maximum absolute atomic E-state index is 13.9. The third kappa shape index (κ3) is 3.22. The average Bonchev–Trinajstić information content (AvgIpc) is 3.01. The van der Waals surface area contributed by atoms with E-state index in [1.165, 1.54) is 4.68 Å². The fraction of sp³-hybridized carbons (Fsp3) is 0.0952. The number of fused-ring (bicyclic) bond motifs is 1. The first-order valence-corrected chi connectivity index (χ1v) is 8.62. The fourth-order valence-corrected chi connectivity index (χ4v) is 3.06. The first-order chi connectivity index (χ1) is 13.4. The number of amides is 1.